The van der Waals surface area contributed by atoms with Crippen LogP contribution in [0.2, 0.25) is 0 Å². The van der Waals surface area contributed by atoms with Gasteiger partial charge in [-0.25, -0.2) is 0 Å². The summed E-state index contributed by atoms with van der Waals surface area (Å²) in [4.78, 5) is 32.9. The minimum Gasteiger partial charge on any atom is -0.507 e. The maximum absolute atomic E-state index is 12.8. The highest BCUT2D eigenvalue weighted by atomic mass is 16.5. The monoisotopic (exact) mass is 397 g/mol. The first-order valence-electron chi connectivity index (χ1n) is 9.05. The summed E-state index contributed by atoms with van der Waals surface area (Å²) in [6.07, 6.45) is 3.12. The van der Waals surface area contributed by atoms with Crippen LogP contribution in [0.4, 0.5) is 0 Å². The van der Waals surface area contributed by atoms with Crippen LogP contribution in [0, 0.1) is 0 Å². The number of Topliss-reactive ketones (excluding diaryl/α,β-unsaturated/α-hetero) is 1. The molecule has 2 heterocycles. The molecule has 0 spiro atoms. The van der Waals surface area contributed by atoms with Crippen LogP contribution in [-0.2, 0) is 9.59 Å². The number of pyridine rings is 1. The molecule has 1 atom stereocenters. The number of rotatable bonds is 6. The van der Waals surface area contributed by atoms with E-state index in [4.69, 9.17) is 4.74 Å². The van der Waals surface area contributed by atoms with E-state index in [0.29, 0.717) is 24.4 Å². The second kappa shape index (κ2) is 8.32. The van der Waals surface area contributed by atoms with Gasteiger partial charge in [0.1, 0.15) is 17.3 Å². The standard InChI is InChI=1S/C21H23N3O5/c1-23(2)10-11-24-18(13-6-8-22-9-7-13)17(20(27)21(24)28)19(26)15-5-4-14(29-3)12-16(15)25/h4-9,12,18,25-26H,10-11H2,1-3H3/b19-17+. The number of nitrogens with zero attached hydrogens (tertiary/aromatic N) is 3. The van der Waals surface area contributed by atoms with Crippen molar-refractivity contribution in [2.45, 2.75) is 6.04 Å². The molecular weight excluding hydrogens is 374 g/mol. The van der Waals surface area contributed by atoms with Crippen molar-refractivity contribution in [3.8, 4) is 11.5 Å². The molecule has 29 heavy (non-hydrogen) atoms. The number of ketones is 1. The Morgan fingerprint density at radius 1 is 1.21 bits per heavy atom. The van der Waals surface area contributed by atoms with E-state index >= 15 is 0 Å². The number of aliphatic hydroxyl groups excluding tert-OH is 1. The first-order valence-corrected chi connectivity index (χ1v) is 9.05. The van der Waals surface area contributed by atoms with E-state index in [1.165, 1.54) is 24.1 Å². The first-order chi connectivity index (χ1) is 13.8. The summed E-state index contributed by atoms with van der Waals surface area (Å²) in [5, 5.41) is 21.2. The van der Waals surface area contributed by atoms with Crippen LogP contribution < -0.4 is 4.74 Å². The minimum atomic E-state index is -0.793. The summed E-state index contributed by atoms with van der Waals surface area (Å²) in [7, 11) is 5.19. The van der Waals surface area contributed by atoms with Gasteiger partial charge in [0.05, 0.1) is 24.3 Å². The van der Waals surface area contributed by atoms with Gasteiger partial charge in [-0.05, 0) is 43.9 Å². The topological polar surface area (TPSA) is 103 Å². The number of amides is 1. The molecule has 0 aliphatic carbocycles. The number of phenolic OH excluding ortho intramolecular Hbond substituents is 1. The lowest BCUT2D eigenvalue weighted by Gasteiger charge is -2.26. The Balaban J connectivity index is 2.15. The number of aliphatic hydroxyl groups is 1. The molecule has 0 saturated carbocycles. The minimum absolute atomic E-state index is 0.0514. The van der Waals surface area contributed by atoms with Crippen LogP contribution in [0.25, 0.3) is 5.76 Å². The summed E-state index contributed by atoms with van der Waals surface area (Å²) in [6.45, 7) is 0.846. The van der Waals surface area contributed by atoms with Crippen LogP contribution in [0.15, 0.2) is 48.3 Å². The van der Waals surface area contributed by atoms with Gasteiger partial charge in [-0.15, -0.1) is 0 Å². The fourth-order valence-electron chi connectivity index (χ4n) is 3.29. The number of carbonyl (C=O) groups is 2. The predicted molar refractivity (Wildman–Crippen MR) is 106 cm³/mol. The van der Waals surface area contributed by atoms with Gasteiger partial charge >= 0.3 is 0 Å². The molecule has 1 amide bonds. The van der Waals surface area contributed by atoms with Crippen molar-refractivity contribution in [2.75, 3.05) is 34.3 Å². The van der Waals surface area contributed by atoms with Gasteiger partial charge in [0.15, 0.2) is 0 Å². The molecule has 1 aliphatic heterocycles. The molecule has 3 rings (SSSR count). The van der Waals surface area contributed by atoms with Gasteiger partial charge in [-0.2, -0.15) is 0 Å². The van der Waals surface area contributed by atoms with Gasteiger partial charge in [-0.1, -0.05) is 0 Å². The van der Waals surface area contributed by atoms with E-state index < -0.39 is 23.5 Å². The molecule has 2 N–H and O–H groups in total. The summed E-state index contributed by atoms with van der Waals surface area (Å²) < 4.78 is 5.06. The normalized spacial score (nSPS) is 18.5. The number of hydrogen-bond donors (Lipinski definition) is 2. The van der Waals surface area contributed by atoms with Crippen LogP contribution in [-0.4, -0.2) is 71.0 Å². The molecule has 1 saturated heterocycles. The van der Waals surface area contributed by atoms with Crippen LogP contribution >= 0.6 is 0 Å². The average molecular weight is 397 g/mol. The number of likely N-dealkylation sites (N-methyl/N-ethyl adjacent to an activating group) is 1. The van der Waals surface area contributed by atoms with E-state index in [9.17, 15) is 19.8 Å². The Bertz CT molecular complexity index is 956. The smallest absolute Gasteiger partial charge is 0.295 e. The van der Waals surface area contributed by atoms with Crippen molar-refractivity contribution < 1.29 is 24.5 Å². The summed E-state index contributed by atoms with van der Waals surface area (Å²) in [5.41, 5.74) is 0.628. The molecule has 1 aromatic carbocycles. The van der Waals surface area contributed by atoms with E-state index in [2.05, 4.69) is 4.98 Å². The molecule has 1 fully saturated rings. The number of aromatic nitrogens is 1. The quantitative estimate of drug-likeness (QED) is 0.435. The number of phenols is 1. The van der Waals surface area contributed by atoms with Crippen molar-refractivity contribution in [1.29, 1.82) is 0 Å². The van der Waals surface area contributed by atoms with Crippen LogP contribution in [0.1, 0.15) is 17.2 Å². The zero-order valence-corrected chi connectivity index (χ0v) is 16.5. The zero-order chi connectivity index (χ0) is 21.1. The highest BCUT2D eigenvalue weighted by Gasteiger charge is 2.46. The summed E-state index contributed by atoms with van der Waals surface area (Å²) >= 11 is 0. The van der Waals surface area contributed by atoms with Crippen LogP contribution in [0.3, 0.4) is 0 Å². The number of ether oxygens (including phenoxy) is 1. The SMILES string of the molecule is COc1ccc(/C(O)=C2\C(=O)C(=O)N(CCN(C)C)C2c2ccncc2)c(O)c1. The Kier molecular flexibility index (Phi) is 5.84. The number of hydrogen-bond acceptors (Lipinski definition) is 7. The van der Waals surface area contributed by atoms with Crippen molar-refractivity contribution in [1.82, 2.24) is 14.8 Å². The lowest BCUT2D eigenvalue weighted by atomic mass is 9.95. The third-order valence-corrected chi connectivity index (χ3v) is 4.81. The Hall–Kier alpha value is -3.39. The fraction of sp³-hybridized carbons (Fsp3) is 0.286. The molecule has 0 bridgehead atoms. The average Bonchev–Trinajstić information content (AvgIpc) is 2.97. The second-order valence-electron chi connectivity index (χ2n) is 6.96. The molecule has 8 heteroatoms. The fourth-order valence-corrected chi connectivity index (χ4v) is 3.29. The van der Waals surface area contributed by atoms with Crippen molar-refractivity contribution >= 4 is 17.4 Å². The lowest BCUT2D eigenvalue weighted by Crippen LogP contribution is -2.35. The molecule has 8 nitrogen and oxygen atoms in total. The first kappa shape index (κ1) is 20.3. The molecule has 152 valence electrons. The molecule has 1 aromatic heterocycles. The molecular formula is C21H23N3O5. The Morgan fingerprint density at radius 3 is 2.48 bits per heavy atom. The maximum Gasteiger partial charge on any atom is 0.295 e. The number of methoxy groups -OCH3 is 1. The molecule has 0 radical (unpaired) electrons. The molecule has 1 unspecified atom stereocenters. The number of benzene rings is 1. The summed E-state index contributed by atoms with van der Waals surface area (Å²) in [5.74, 6) is -1.77. The lowest BCUT2D eigenvalue weighted by molar-refractivity contribution is -0.140. The van der Waals surface area contributed by atoms with Crippen molar-refractivity contribution in [3.63, 3.8) is 0 Å². The Morgan fingerprint density at radius 2 is 1.90 bits per heavy atom. The van der Waals surface area contributed by atoms with Crippen LogP contribution in [0.5, 0.6) is 11.5 Å². The van der Waals surface area contributed by atoms with E-state index in [1.807, 2.05) is 19.0 Å². The van der Waals surface area contributed by atoms with Gasteiger partial charge in [-0.3, -0.25) is 14.6 Å². The largest absolute Gasteiger partial charge is 0.507 e. The zero-order valence-electron chi connectivity index (χ0n) is 16.5. The van der Waals surface area contributed by atoms with E-state index in [1.54, 1.807) is 30.6 Å². The Labute approximate surface area is 168 Å². The van der Waals surface area contributed by atoms with E-state index in [0.717, 1.165) is 0 Å². The molecule has 2 aromatic rings. The molecule has 1 aliphatic rings. The maximum atomic E-state index is 12.8. The predicted octanol–water partition coefficient (Wildman–Crippen LogP) is 1.78. The highest BCUT2D eigenvalue weighted by molar-refractivity contribution is 6.46. The van der Waals surface area contributed by atoms with Gasteiger partial charge in [0.2, 0.25) is 0 Å². The summed E-state index contributed by atoms with van der Waals surface area (Å²) in [6, 6.07) is 6.94. The van der Waals surface area contributed by atoms with Gasteiger partial charge in [0.25, 0.3) is 11.7 Å². The number of carbonyl (C=O) groups excluding carboxylic acids is 2. The van der Waals surface area contributed by atoms with Crippen molar-refractivity contribution in [3.05, 3.63) is 59.4 Å². The second-order valence-corrected chi connectivity index (χ2v) is 6.96. The van der Waals surface area contributed by atoms with Crippen molar-refractivity contribution in [2.24, 2.45) is 0 Å². The van der Waals surface area contributed by atoms with E-state index in [-0.39, 0.29) is 16.9 Å². The highest BCUT2D eigenvalue weighted by Crippen LogP contribution is 2.40. The third kappa shape index (κ3) is 3.93. The van der Waals surface area contributed by atoms with Gasteiger partial charge < -0.3 is 24.7 Å². The van der Waals surface area contributed by atoms with Gasteiger partial charge in [0, 0.05) is 31.5 Å². The third-order valence-electron chi connectivity index (χ3n) is 4.81. The number of likely N-dealkylation sites (tertiary alicyclic amines) is 1. The number of aromatic hydroxyl groups is 1.